The summed E-state index contributed by atoms with van der Waals surface area (Å²) in [6.07, 6.45) is 4.42. The summed E-state index contributed by atoms with van der Waals surface area (Å²) in [7, 11) is 0. The summed E-state index contributed by atoms with van der Waals surface area (Å²) in [6, 6.07) is 7.98. The molecule has 0 radical (unpaired) electrons. The number of anilines is 2. The number of benzene rings is 1. The number of carbonyl (C=O) groups excluding carboxylic acids is 1. The number of rotatable bonds is 6. The van der Waals surface area contributed by atoms with Crippen LogP contribution in [-0.2, 0) is 6.54 Å². The lowest BCUT2D eigenvalue weighted by molar-refractivity contribution is 0.0696. The molecule has 162 valence electrons. The van der Waals surface area contributed by atoms with Crippen LogP contribution < -0.4 is 10.2 Å². The summed E-state index contributed by atoms with van der Waals surface area (Å²) in [6.45, 7) is 6.85. The van der Waals surface area contributed by atoms with E-state index in [-0.39, 0.29) is 11.5 Å². The second-order valence-corrected chi connectivity index (χ2v) is 9.02. The molecule has 1 unspecified atom stereocenters. The summed E-state index contributed by atoms with van der Waals surface area (Å²) < 4.78 is 1.91. The fraction of sp³-hybridized carbons (Fsp3) is 0.348. The number of carboxylic acids is 1. The quantitative estimate of drug-likeness (QED) is 0.592. The first-order chi connectivity index (χ1) is 14.9. The van der Waals surface area contributed by atoms with Gasteiger partial charge >= 0.3 is 5.97 Å². The number of carboxylic acid groups (broad SMARTS) is 1. The molecule has 2 aromatic heterocycles. The van der Waals surface area contributed by atoms with Gasteiger partial charge in [-0.1, -0.05) is 6.92 Å². The van der Waals surface area contributed by atoms with E-state index >= 15 is 0 Å². The number of nitrogens with zero attached hydrogens (tertiary/aromatic N) is 3. The largest absolute Gasteiger partial charge is 0.478 e. The number of hydrogen-bond acceptors (Lipinski definition) is 5. The van der Waals surface area contributed by atoms with Gasteiger partial charge in [0.2, 0.25) is 0 Å². The zero-order chi connectivity index (χ0) is 22.0. The first kappa shape index (κ1) is 21.1. The maximum absolute atomic E-state index is 12.9. The third-order valence-electron chi connectivity index (χ3n) is 5.46. The number of nitrogens with one attached hydrogen (secondary N) is 1. The van der Waals surface area contributed by atoms with Crippen molar-refractivity contribution < 1.29 is 14.7 Å². The Labute approximate surface area is 185 Å². The van der Waals surface area contributed by atoms with Crippen molar-refractivity contribution in [2.24, 2.45) is 5.92 Å². The molecule has 0 bridgehead atoms. The van der Waals surface area contributed by atoms with E-state index in [4.69, 9.17) is 10.1 Å². The van der Waals surface area contributed by atoms with Crippen molar-refractivity contribution >= 4 is 34.0 Å². The molecule has 1 aliphatic heterocycles. The van der Waals surface area contributed by atoms with Gasteiger partial charge in [-0.05, 0) is 61.6 Å². The smallest absolute Gasteiger partial charge is 0.335 e. The van der Waals surface area contributed by atoms with Crippen LogP contribution in [-0.4, -0.2) is 39.6 Å². The van der Waals surface area contributed by atoms with E-state index in [1.54, 1.807) is 23.5 Å². The number of amides is 1. The van der Waals surface area contributed by atoms with E-state index in [0.717, 1.165) is 29.5 Å². The first-order valence-electron chi connectivity index (χ1n) is 10.4. The molecule has 0 aliphatic carbocycles. The number of carbonyl (C=O) groups is 2. The van der Waals surface area contributed by atoms with Crippen LogP contribution in [0.15, 0.2) is 41.9 Å². The summed E-state index contributed by atoms with van der Waals surface area (Å²) in [4.78, 5) is 31.0. The summed E-state index contributed by atoms with van der Waals surface area (Å²) in [5.74, 6) is -0.548. The van der Waals surface area contributed by atoms with Crippen molar-refractivity contribution in [3.63, 3.8) is 0 Å². The van der Waals surface area contributed by atoms with Crippen LogP contribution in [0.4, 0.5) is 10.8 Å². The molecule has 0 saturated carbocycles. The number of hydrogen-bond donors (Lipinski definition) is 2. The van der Waals surface area contributed by atoms with Gasteiger partial charge in [-0.3, -0.25) is 4.79 Å². The average Bonchev–Trinajstić information content (AvgIpc) is 3.35. The Hall–Kier alpha value is -3.13. The highest BCUT2D eigenvalue weighted by Gasteiger charge is 2.20. The number of aromatic nitrogens is 2. The minimum absolute atomic E-state index is 0.180. The van der Waals surface area contributed by atoms with Crippen molar-refractivity contribution in [2.45, 2.75) is 33.2 Å². The minimum Gasteiger partial charge on any atom is -0.478 e. The first-order valence-corrected chi connectivity index (χ1v) is 11.3. The number of thiazole rings is 1. The predicted molar refractivity (Wildman–Crippen MR) is 122 cm³/mol. The fourth-order valence-electron chi connectivity index (χ4n) is 3.92. The molecule has 1 aliphatic rings. The van der Waals surface area contributed by atoms with Crippen LogP contribution >= 0.6 is 11.3 Å². The normalized spacial score (nSPS) is 16.3. The molecule has 1 amide bonds. The van der Waals surface area contributed by atoms with Crippen LogP contribution in [0, 0.1) is 12.8 Å². The Bertz CT molecular complexity index is 1090. The fourth-order valence-corrected chi connectivity index (χ4v) is 4.77. The molecule has 1 fully saturated rings. The third kappa shape index (κ3) is 4.96. The highest BCUT2D eigenvalue weighted by molar-refractivity contribution is 7.13. The molecule has 2 N–H and O–H groups in total. The molecular formula is C23H26N4O3S. The van der Waals surface area contributed by atoms with Crippen LogP contribution in [0.5, 0.6) is 0 Å². The van der Waals surface area contributed by atoms with Crippen LogP contribution in [0.2, 0.25) is 0 Å². The van der Waals surface area contributed by atoms with Gasteiger partial charge in [0.25, 0.3) is 5.91 Å². The number of aryl methyl sites for hydroxylation is 1. The molecule has 1 saturated heterocycles. The van der Waals surface area contributed by atoms with E-state index in [1.165, 1.54) is 25.0 Å². The van der Waals surface area contributed by atoms with Gasteiger partial charge in [0.05, 0.1) is 17.8 Å². The lowest BCUT2D eigenvalue weighted by atomic mass is 10.0. The van der Waals surface area contributed by atoms with Gasteiger partial charge in [0.15, 0.2) is 5.13 Å². The van der Waals surface area contributed by atoms with E-state index in [0.29, 0.717) is 23.8 Å². The summed E-state index contributed by atoms with van der Waals surface area (Å²) in [5.41, 5.74) is 3.21. The van der Waals surface area contributed by atoms with E-state index in [1.807, 2.05) is 23.8 Å². The Morgan fingerprint density at radius 3 is 2.77 bits per heavy atom. The van der Waals surface area contributed by atoms with Crippen LogP contribution in [0.25, 0.3) is 0 Å². The van der Waals surface area contributed by atoms with Gasteiger partial charge in [0, 0.05) is 30.4 Å². The van der Waals surface area contributed by atoms with E-state index in [9.17, 15) is 9.59 Å². The molecule has 3 heterocycles. The minimum atomic E-state index is -0.996. The number of piperidine rings is 1. The predicted octanol–water partition coefficient (Wildman–Crippen LogP) is 4.49. The SMILES string of the molecule is Cc1cc(C(=O)Nc2ccc(C(=O)O)cc2)n(Cc2csc(N3CCCC(C)C3)n2)c1. The van der Waals surface area contributed by atoms with Gasteiger partial charge in [0.1, 0.15) is 5.69 Å². The van der Waals surface area contributed by atoms with Gasteiger partial charge < -0.3 is 19.9 Å². The highest BCUT2D eigenvalue weighted by atomic mass is 32.1. The van der Waals surface area contributed by atoms with Crippen molar-refractivity contribution in [2.75, 3.05) is 23.3 Å². The molecule has 1 aromatic carbocycles. The van der Waals surface area contributed by atoms with E-state index < -0.39 is 5.97 Å². The lowest BCUT2D eigenvalue weighted by Crippen LogP contribution is -2.34. The maximum atomic E-state index is 12.9. The zero-order valence-corrected chi connectivity index (χ0v) is 18.5. The van der Waals surface area contributed by atoms with Gasteiger partial charge in [-0.15, -0.1) is 11.3 Å². The molecule has 8 heteroatoms. The molecule has 4 rings (SSSR count). The third-order valence-corrected chi connectivity index (χ3v) is 6.41. The van der Waals surface area contributed by atoms with Crippen molar-refractivity contribution in [3.8, 4) is 0 Å². The molecule has 3 aromatic rings. The van der Waals surface area contributed by atoms with E-state index in [2.05, 4.69) is 22.5 Å². The second-order valence-electron chi connectivity index (χ2n) is 8.18. The summed E-state index contributed by atoms with van der Waals surface area (Å²) in [5, 5.41) is 15.0. The Morgan fingerprint density at radius 2 is 2.06 bits per heavy atom. The van der Waals surface area contributed by atoms with Crippen molar-refractivity contribution in [1.82, 2.24) is 9.55 Å². The molecule has 7 nitrogen and oxygen atoms in total. The topological polar surface area (TPSA) is 87.5 Å². The van der Waals surface area contributed by atoms with Crippen LogP contribution in [0.1, 0.15) is 51.9 Å². The maximum Gasteiger partial charge on any atom is 0.335 e. The molecule has 1 atom stereocenters. The molecule has 0 spiro atoms. The molecule has 31 heavy (non-hydrogen) atoms. The van der Waals surface area contributed by atoms with Gasteiger partial charge in [-0.25, -0.2) is 9.78 Å². The lowest BCUT2D eigenvalue weighted by Gasteiger charge is -2.30. The second kappa shape index (κ2) is 8.93. The van der Waals surface area contributed by atoms with Crippen molar-refractivity contribution in [1.29, 1.82) is 0 Å². The zero-order valence-electron chi connectivity index (χ0n) is 17.7. The highest BCUT2D eigenvalue weighted by Crippen LogP contribution is 2.27. The van der Waals surface area contributed by atoms with Crippen LogP contribution in [0.3, 0.4) is 0 Å². The standard InChI is InChI=1S/C23H26N4O3S/c1-15-4-3-9-26(11-15)23-25-19(14-31-23)13-27-12-16(2)10-20(27)21(28)24-18-7-5-17(6-8-18)22(29)30/h5-8,10,12,14-15H,3-4,9,11,13H2,1-2H3,(H,24,28)(H,29,30). The number of aromatic carboxylic acids is 1. The Kier molecular flexibility index (Phi) is 6.08. The Balaban J connectivity index is 1.47. The van der Waals surface area contributed by atoms with Gasteiger partial charge in [-0.2, -0.15) is 0 Å². The Morgan fingerprint density at radius 1 is 1.29 bits per heavy atom. The molecular weight excluding hydrogens is 412 g/mol. The monoisotopic (exact) mass is 438 g/mol. The average molecular weight is 439 g/mol. The summed E-state index contributed by atoms with van der Waals surface area (Å²) >= 11 is 1.66. The van der Waals surface area contributed by atoms with Crippen molar-refractivity contribution in [3.05, 3.63) is 64.4 Å².